The molecular weight excluding hydrogens is 296 g/mol. The van der Waals surface area contributed by atoms with Gasteiger partial charge in [0.15, 0.2) is 0 Å². The number of hydrogen-bond donors (Lipinski definition) is 2. The van der Waals surface area contributed by atoms with Crippen molar-refractivity contribution >= 4 is 24.0 Å². The summed E-state index contributed by atoms with van der Waals surface area (Å²) in [4.78, 5) is 12.4. The molecular formula is C18H27ClN2O. The molecule has 2 fully saturated rings. The highest BCUT2D eigenvalue weighted by atomic mass is 35.5. The van der Waals surface area contributed by atoms with Gasteiger partial charge in [0.05, 0.1) is 0 Å². The van der Waals surface area contributed by atoms with E-state index in [9.17, 15) is 4.79 Å². The lowest BCUT2D eigenvalue weighted by atomic mass is 9.89. The van der Waals surface area contributed by atoms with Gasteiger partial charge in [-0.1, -0.05) is 25.1 Å². The molecule has 0 aliphatic carbocycles. The fourth-order valence-electron chi connectivity index (χ4n) is 4.00. The van der Waals surface area contributed by atoms with E-state index < -0.39 is 0 Å². The second-order valence-corrected chi connectivity index (χ2v) is 6.69. The average molecular weight is 323 g/mol. The predicted molar refractivity (Wildman–Crippen MR) is 93.7 cm³/mol. The SMILES string of the molecule is CCc1cccc(C)c1NC(=O)CC1CC2CCC(C1)N2.Cl. The Hall–Kier alpha value is -1.06. The second kappa shape index (κ2) is 7.47. The molecule has 2 unspecified atom stereocenters. The van der Waals surface area contributed by atoms with Crippen molar-refractivity contribution in [1.82, 2.24) is 5.32 Å². The molecule has 4 heteroatoms. The number of carbonyl (C=O) groups excluding carboxylic acids is 1. The van der Waals surface area contributed by atoms with Crippen LogP contribution in [0.4, 0.5) is 5.69 Å². The van der Waals surface area contributed by atoms with Crippen molar-refractivity contribution in [1.29, 1.82) is 0 Å². The average Bonchev–Trinajstić information content (AvgIpc) is 2.80. The van der Waals surface area contributed by atoms with E-state index in [2.05, 4.69) is 42.7 Å². The standard InChI is InChI=1S/C18H26N2O.ClH/c1-3-14-6-4-5-12(2)18(14)20-17(21)11-13-9-15-7-8-16(10-13)19-15;/h4-6,13,15-16,19H,3,7-11H2,1-2H3,(H,20,21);1H. The summed E-state index contributed by atoms with van der Waals surface area (Å²) >= 11 is 0. The van der Waals surface area contributed by atoms with Gasteiger partial charge in [0, 0.05) is 24.2 Å². The normalized spacial score (nSPS) is 26.4. The highest BCUT2D eigenvalue weighted by Gasteiger charge is 2.34. The molecule has 2 N–H and O–H groups in total. The van der Waals surface area contributed by atoms with E-state index >= 15 is 0 Å². The van der Waals surface area contributed by atoms with Gasteiger partial charge in [0.25, 0.3) is 0 Å². The Kier molecular flexibility index (Phi) is 5.87. The first-order chi connectivity index (χ1) is 10.2. The zero-order valence-electron chi connectivity index (χ0n) is 13.5. The summed E-state index contributed by atoms with van der Waals surface area (Å²) in [5.74, 6) is 0.739. The molecule has 122 valence electrons. The summed E-state index contributed by atoms with van der Waals surface area (Å²) in [6, 6.07) is 7.55. The molecule has 0 saturated carbocycles. The molecule has 22 heavy (non-hydrogen) atoms. The maximum Gasteiger partial charge on any atom is 0.224 e. The van der Waals surface area contributed by atoms with E-state index in [1.54, 1.807) is 0 Å². The minimum absolute atomic E-state index is 0. The van der Waals surface area contributed by atoms with Gasteiger partial charge in [-0.05, 0) is 56.1 Å². The third-order valence-electron chi connectivity index (χ3n) is 5.05. The number of aryl methyl sites for hydroxylation is 2. The van der Waals surface area contributed by atoms with Crippen LogP contribution in [0.2, 0.25) is 0 Å². The van der Waals surface area contributed by atoms with E-state index in [1.807, 2.05) is 0 Å². The number of nitrogens with one attached hydrogen (secondary N) is 2. The summed E-state index contributed by atoms with van der Waals surface area (Å²) in [6.07, 6.45) is 6.54. The van der Waals surface area contributed by atoms with Crippen LogP contribution in [0.1, 0.15) is 50.2 Å². The highest BCUT2D eigenvalue weighted by Crippen LogP contribution is 2.33. The minimum atomic E-state index is 0. The van der Waals surface area contributed by atoms with Crippen LogP contribution in [-0.4, -0.2) is 18.0 Å². The van der Waals surface area contributed by atoms with Gasteiger partial charge in [-0.15, -0.1) is 12.4 Å². The first kappa shape index (κ1) is 17.3. The second-order valence-electron chi connectivity index (χ2n) is 6.69. The minimum Gasteiger partial charge on any atom is -0.326 e. The Morgan fingerprint density at radius 1 is 1.27 bits per heavy atom. The van der Waals surface area contributed by atoms with Crippen molar-refractivity contribution in [3.05, 3.63) is 29.3 Å². The number of piperidine rings is 1. The van der Waals surface area contributed by atoms with Crippen molar-refractivity contribution in [2.45, 2.75) is 64.5 Å². The van der Waals surface area contributed by atoms with Crippen molar-refractivity contribution in [3.8, 4) is 0 Å². The van der Waals surface area contributed by atoms with E-state index in [4.69, 9.17) is 0 Å². The van der Waals surface area contributed by atoms with Crippen molar-refractivity contribution in [2.75, 3.05) is 5.32 Å². The molecule has 2 saturated heterocycles. The van der Waals surface area contributed by atoms with Crippen LogP contribution >= 0.6 is 12.4 Å². The third-order valence-corrected chi connectivity index (χ3v) is 5.05. The Labute approximate surface area is 139 Å². The molecule has 2 heterocycles. The first-order valence-corrected chi connectivity index (χ1v) is 8.30. The van der Waals surface area contributed by atoms with Gasteiger partial charge in [0.2, 0.25) is 5.91 Å². The molecule has 3 nitrogen and oxygen atoms in total. The summed E-state index contributed by atoms with van der Waals surface area (Å²) in [5, 5.41) is 6.81. The number of rotatable bonds is 4. The van der Waals surface area contributed by atoms with Gasteiger partial charge in [-0.3, -0.25) is 4.79 Å². The molecule has 2 aliphatic rings. The number of carbonyl (C=O) groups is 1. The van der Waals surface area contributed by atoms with Crippen LogP contribution in [0.3, 0.4) is 0 Å². The number of amides is 1. The number of benzene rings is 1. The van der Waals surface area contributed by atoms with E-state index in [1.165, 1.54) is 31.2 Å². The summed E-state index contributed by atoms with van der Waals surface area (Å²) in [5.41, 5.74) is 3.42. The molecule has 0 spiro atoms. The molecule has 3 rings (SSSR count). The highest BCUT2D eigenvalue weighted by molar-refractivity contribution is 5.92. The number of fused-ring (bicyclic) bond motifs is 2. The lowest BCUT2D eigenvalue weighted by molar-refractivity contribution is -0.117. The molecule has 0 aromatic heterocycles. The van der Waals surface area contributed by atoms with E-state index in [0.29, 0.717) is 24.4 Å². The van der Waals surface area contributed by atoms with Crippen molar-refractivity contribution in [3.63, 3.8) is 0 Å². The van der Waals surface area contributed by atoms with Gasteiger partial charge in [0.1, 0.15) is 0 Å². The van der Waals surface area contributed by atoms with E-state index in [0.717, 1.165) is 17.7 Å². The van der Waals surface area contributed by atoms with Gasteiger partial charge < -0.3 is 10.6 Å². The lowest BCUT2D eigenvalue weighted by Gasteiger charge is -2.28. The monoisotopic (exact) mass is 322 g/mol. The van der Waals surface area contributed by atoms with Crippen LogP contribution in [0.5, 0.6) is 0 Å². The largest absolute Gasteiger partial charge is 0.326 e. The Balaban J connectivity index is 0.00000176. The molecule has 1 amide bonds. The summed E-state index contributed by atoms with van der Waals surface area (Å²) in [6.45, 7) is 4.20. The van der Waals surface area contributed by atoms with Crippen LogP contribution < -0.4 is 10.6 Å². The fraction of sp³-hybridized carbons (Fsp3) is 0.611. The molecule has 2 atom stereocenters. The first-order valence-electron chi connectivity index (χ1n) is 8.30. The van der Waals surface area contributed by atoms with Crippen molar-refractivity contribution < 1.29 is 4.79 Å². The van der Waals surface area contributed by atoms with Gasteiger partial charge in [-0.2, -0.15) is 0 Å². The predicted octanol–water partition coefficient (Wildman–Crippen LogP) is 3.84. The summed E-state index contributed by atoms with van der Waals surface area (Å²) in [7, 11) is 0. The lowest BCUT2D eigenvalue weighted by Crippen LogP contribution is -2.39. The molecule has 0 radical (unpaired) electrons. The molecule has 1 aromatic rings. The van der Waals surface area contributed by atoms with Gasteiger partial charge in [-0.25, -0.2) is 0 Å². The number of hydrogen-bond acceptors (Lipinski definition) is 2. The number of halogens is 1. The Bertz CT molecular complexity index is 520. The number of anilines is 1. The van der Waals surface area contributed by atoms with Crippen LogP contribution in [-0.2, 0) is 11.2 Å². The van der Waals surface area contributed by atoms with Crippen LogP contribution in [0.25, 0.3) is 0 Å². The third kappa shape index (κ3) is 3.82. The number of para-hydroxylation sites is 1. The Morgan fingerprint density at radius 2 is 1.95 bits per heavy atom. The maximum absolute atomic E-state index is 12.4. The zero-order valence-corrected chi connectivity index (χ0v) is 14.3. The fourth-order valence-corrected chi connectivity index (χ4v) is 4.00. The molecule has 1 aromatic carbocycles. The van der Waals surface area contributed by atoms with E-state index in [-0.39, 0.29) is 18.3 Å². The van der Waals surface area contributed by atoms with Crippen LogP contribution in [0.15, 0.2) is 18.2 Å². The zero-order chi connectivity index (χ0) is 14.8. The molecule has 2 bridgehead atoms. The molecule has 2 aliphatic heterocycles. The Morgan fingerprint density at radius 3 is 2.59 bits per heavy atom. The smallest absolute Gasteiger partial charge is 0.224 e. The topological polar surface area (TPSA) is 41.1 Å². The van der Waals surface area contributed by atoms with Gasteiger partial charge >= 0.3 is 0 Å². The quantitative estimate of drug-likeness (QED) is 0.884. The maximum atomic E-state index is 12.4. The summed E-state index contributed by atoms with van der Waals surface area (Å²) < 4.78 is 0. The van der Waals surface area contributed by atoms with Crippen LogP contribution in [0, 0.1) is 12.8 Å². The van der Waals surface area contributed by atoms with Crippen molar-refractivity contribution in [2.24, 2.45) is 5.92 Å².